The number of nitrogens with one attached hydrogen (secondary N) is 2. The Labute approximate surface area is 128 Å². The van der Waals surface area contributed by atoms with Gasteiger partial charge in [0.15, 0.2) is 0 Å². The Morgan fingerprint density at radius 3 is 2.71 bits per heavy atom. The molecule has 0 heterocycles. The summed E-state index contributed by atoms with van der Waals surface area (Å²) in [6.07, 6.45) is 4.52. The van der Waals surface area contributed by atoms with E-state index < -0.39 is 11.7 Å². The molecule has 1 aliphatic rings. The van der Waals surface area contributed by atoms with Gasteiger partial charge in [-0.2, -0.15) is 0 Å². The average molecular weight is 313 g/mol. The molecule has 0 atom stereocenters. The van der Waals surface area contributed by atoms with E-state index in [9.17, 15) is 14.0 Å². The van der Waals surface area contributed by atoms with Gasteiger partial charge in [-0.3, -0.25) is 9.59 Å². The lowest BCUT2D eigenvalue weighted by atomic mass is 10.2. The van der Waals surface area contributed by atoms with Gasteiger partial charge in [0.25, 0.3) is 5.91 Å². The van der Waals surface area contributed by atoms with E-state index in [2.05, 4.69) is 10.6 Å². The van der Waals surface area contributed by atoms with Crippen molar-refractivity contribution < 1.29 is 14.0 Å². The minimum atomic E-state index is -0.632. The molecule has 2 amide bonds. The average Bonchev–Trinajstić information content (AvgIpc) is 2.94. The molecule has 1 aromatic rings. The predicted molar refractivity (Wildman–Crippen MR) is 78.8 cm³/mol. The van der Waals surface area contributed by atoms with Crippen LogP contribution >= 0.6 is 11.6 Å². The Hall–Kier alpha value is -1.62. The van der Waals surface area contributed by atoms with Crippen molar-refractivity contribution in [2.75, 3.05) is 6.54 Å². The van der Waals surface area contributed by atoms with Gasteiger partial charge in [0.1, 0.15) is 5.82 Å². The summed E-state index contributed by atoms with van der Waals surface area (Å²) in [7, 11) is 0. The van der Waals surface area contributed by atoms with E-state index in [-0.39, 0.29) is 30.5 Å². The van der Waals surface area contributed by atoms with Gasteiger partial charge in [-0.05, 0) is 31.0 Å². The number of amides is 2. The largest absolute Gasteiger partial charge is 0.353 e. The van der Waals surface area contributed by atoms with Crippen molar-refractivity contribution in [1.29, 1.82) is 0 Å². The molecule has 2 rings (SSSR count). The molecule has 0 aliphatic heterocycles. The summed E-state index contributed by atoms with van der Waals surface area (Å²) >= 11 is 5.73. The van der Waals surface area contributed by atoms with Gasteiger partial charge in [0.2, 0.25) is 5.91 Å². The fraction of sp³-hybridized carbons (Fsp3) is 0.467. The number of halogens is 2. The van der Waals surface area contributed by atoms with Crippen molar-refractivity contribution in [2.24, 2.45) is 0 Å². The van der Waals surface area contributed by atoms with E-state index in [4.69, 9.17) is 11.6 Å². The third kappa shape index (κ3) is 4.70. The molecular weight excluding hydrogens is 295 g/mol. The second-order valence-corrected chi connectivity index (χ2v) is 5.62. The second kappa shape index (κ2) is 7.41. The summed E-state index contributed by atoms with van der Waals surface area (Å²) in [5.74, 6) is -1.29. The van der Waals surface area contributed by atoms with Gasteiger partial charge in [-0.1, -0.05) is 24.4 Å². The Kier molecular flexibility index (Phi) is 5.56. The van der Waals surface area contributed by atoms with Crippen LogP contribution < -0.4 is 10.6 Å². The Balaban J connectivity index is 1.76. The van der Waals surface area contributed by atoms with Crippen molar-refractivity contribution in [3.8, 4) is 0 Å². The number of carbonyl (C=O) groups excluding carboxylic acids is 2. The van der Waals surface area contributed by atoms with Crippen molar-refractivity contribution in [3.05, 3.63) is 34.6 Å². The molecule has 2 N–H and O–H groups in total. The standard InChI is InChI=1S/C15H18ClFN2O2/c16-10-5-6-13(17)12(9-10)15(21)18-8-7-14(20)19-11-3-1-2-4-11/h5-6,9,11H,1-4,7-8H2,(H,18,21)(H,19,20). The monoisotopic (exact) mass is 312 g/mol. The zero-order valence-electron chi connectivity index (χ0n) is 11.6. The molecule has 1 aromatic carbocycles. The summed E-state index contributed by atoms with van der Waals surface area (Å²) in [6, 6.07) is 4.05. The third-order valence-electron chi connectivity index (χ3n) is 3.53. The minimum Gasteiger partial charge on any atom is -0.353 e. The van der Waals surface area contributed by atoms with E-state index in [1.807, 2.05) is 0 Å². The first-order chi connectivity index (χ1) is 10.1. The fourth-order valence-corrected chi connectivity index (χ4v) is 2.60. The Bertz CT molecular complexity index is 530. The zero-order valence-corrected chi connectivity index (χ0v) is 12.4. The van der Waals surface area contributed by atoms with Gasteiger partial charge in [-0.25, -0.2) is 4.39 Å². The lowest BCUT2D eigenvalue weighted by Crippen LogP contribution is -2.35. The molecule has 0 unspecified atom stereocenters. The van der Waals surface area contributed by atoms with E-state index in [0.29, 0.717) is 5.02 Å². The summed E-state index contributed by atoms with van der Waals surface area (Å²) < 4.78 is 13.5. The first kappa shape index (κ1) is 15.8. The molecule has 0 radical (unpaired) electrons. The molecule has 0 spiro atoms. The van der Waals surface area contributed by atoms with Crippen LogP contribution in [0.1, 0.15) is 42.5 Å². The van der Waals surface area contributed by atoms with Gasteiger partial charge in [0, 0.05) is 24.0 Å². The molecule has 0 bridgehead atoms. The van der Waals surface area contributed by atoms with Crippen molar-refractivity contribution in [1.82, 2.24) is 10.6 Å². The quantitative estimate of drug-likeness (QED) is 0.878. The highest BCUT2D eigenvalue weighted by atomic mass is 35.5. The molecule has 21 heavy (non-hydrogen) atoms. The maximum atomic E-state index is 13.5. The van der Waals surface area contributed by atoms with Crippen LogP contribution in [0.5, 0.6) is 0 Å². The third-order valence-corrected chi connectivity index (χ3v) is 3.77. The number of benzene rings is 1. The minimum absolute atomic E-state index is 0.0891. The topological polar surface area (TPSA) is 58.2 Å². The van der Waals surface area contributed by atoms with E-state index >= 15 is 0 Å². The normalized spacial score (nSPS) is 15.0. The lowest BCUT2D eigenvalue weighted by molar-refractivity contribution is -0.121. The molecular formula is C15H18ClFN2O2. The van der Waals surface area contributed by atoms with Crippen LogP contribution in [0, 0.1) is 5.82 Å². The van der Waals surface area contributed by atoms with Crippen LogP contribution in [0.2, 0.25) is 5.02 Å². The van der Waals surface area contributed by atoms with Gasteiger partial charge < -0.3 is 10.6 Å². The molecule has 1 saturated carbocycles. The first-order valence-electron chi connectivity index (χ1n) is 7.09. The maximum Gasteiger partial charge on any atom is 0.254 e. The van der Waals surface area contributed by atoms with E-state index in [1.54, 1.807) is 0 Å². The lowest BCUT2D eigenvalue weighted by Gasteiger charge is -2.12. The van der Waals surface area contributed by atoms with Gasteiger partial charge >= 0.3 is 0 Å². The zero-order chi connectivity index (χ0) is 15.2. The molecule has 0 aromatic heterocycles. The summed E-state index contributed by atoms with van der Waals surface area (Å²) in [5.41, 5.74) is -0.112. The Morgan fingerprint density at radius 1 is 1.29 bits per heavy atom. The first-order valence-corrected chi connectivity index (χ1v) is 7.46. The van der Waals surface area contributed by atoms with E-state index in [1.165, 1.54) is 12.1 Å². The van der Waals surface area contributed by atoms with Crippen molar-refractivity contribution >= 4 is 23.4 Å². The fourth-order valence-electron chi connectivity index (χ4n) is 2.43. The van der Waals surface area contributed by atoms with Crippen LogP contribution in [-0.2, 0) is 4.79 Å². The Morgan fingerprint density at radius 2 is 2.00 bits per heavy atom. The molecule has 4 nitrogen and oxygen atoms in total. The van der Waals surface area contributed by atoms with E-state index in [0.717, 1.165) is 31.7 Å². The SMILES string of the molecule is O=C(CCNC(=O)c1cc(Cl)ccc1F)NC1CCCC1. The van der Waals surface area contributed by atoms with Crippen LogP contribution in [0.15, 0.2) is 18.2 Å². The highest BCUT2D eigenvalue weighted by molar-refractivity contribution is 6.31. The van der Waals surface area contributed by atoms with Crippen LogP contribution in [0.4, 0.5) is 4.39 Å². The second-order valence-electron chi connectivity index (χ2n) is 5.18. The van der Waals surface area contributed by atoms with Crippen LogP contribution in [0.3, 0.4) is 0 Å². The van der Waals surface area contributed by atoms with Crippen LogP contribution in [-0.4, -0.2) is 24.4 Å². The smallest absolute Gasteiger partial charge is 0.254 e. The molecule has 1 aliphatic carbocycles. The number of rotatable bonds is 5. The van der Waals surface area contributed by atoms with Crippen LogP contribution in [0.25, 0.3) is 0 Å². The number of hydrogen-bond acceptors (Lipinski definition) is 2. The highest BCUT2D eigenvalue weighted by Crippen LogP contribution is 2.17. The van der Waals surface area contributed by atoms with Gasteiger partial charge in [-0.15, -0.1) is 0 Å². The number of hydrogen-bond donors (Lipinski definition) is 2. The molecule has 1 fully saturated rings. The summed E-state index contributed by atoms with van der Waals surface area (Å²) in [4.78, 5) is 23.5. The summed E-state index contributed by atoms with van der Waals surface area (Å²) in [6.45, 7) is 0.170. The predicted octanol–water partition coefficient (Wildman–Crippen LogP) is 2.66. The molecule has 0 saturated heterocycles. The maximum absolute atomic E-state index is 13.5. The highest BCUT2D eigenvalue weighted by Gasteiger charge is 2.17. The van der Waals surface area contributed by atoms with Crippen molar-refractivity contribution in [3.63, 3.8) is 0 Å². The molecule has 114 valence electrons. The summed E-state index contributed by atoms with van der Waals surface area (Å²) in [5, 5.41) is 5.74. The van der Waals surface area contributed by atoms with Crippen molar-refractivity contribution in [2.45, 2.75) is 38.1 Å². The number of carbonyl (C=O) groups is 2. The van der Waals surface area contributed by atoms with Gasteiger partial charge in [0.05, 0.1) is 5.56 Å². The molecule has 6 heteroatoms.